The molecular formula is C20H21N3O3. The molecule has 6 nitrogen and oxygen atoms in total. The molecule has 134 valence electrons. The molecule has 2 atom stereocenters. The molecule has 2 aliphatic heterocycles. The first-order valence-corrected chi connectivity index (χ1v) is 9.01. The highest BCUT2D eigenvalue weighted by molar-refractivity contribution is 6.04. The minimum absolute atomic E-state index is 0.0128. The predicted octanol–water partition coefficient (Wildman–Crippen LogP) is 3.64. The Kier molecular flexibility index (Phi) is 4.20. The van der Waals surface area contributed by atoms with E-state index in [0.717, 1.165) is 42.7 Å². The third-order valence-corrected chi connectivity index (χ3v) is 5.38. The van der Waals surface area contributed by atoms with E-state index in [4.69, 9.17) is 0 Å². The molecule has 0 unspecified atom stereocenters. The number of hydrogen-bond acceptors (Lipinski definition) is 4. The fourth-order valence-electron chi connectivity index (χ4n) is 4.30. The summed E-state index contributed by atoms with van der Waals surface area (Å²) in [4.78, 5) is 25.8. The van der Waals surface area contributed by atoms with Crippen LogP contribution < -0.4 is 5.32 Å². The van der Waals surface area contributed by atoms with Gasteiger partial charge >= 0.3 is 0 Å². The van der Waals surface area contributed by atoms with Gasteiger partial charge in [0.05, 0.1) is 16.9 Å². The molecule has 0 fully saturated rings. The molecule has 0 bridgehead atoms. The molecule has 0 aromatic heterocycles. The summed E-state index contributed by atoms with van der Waals surface area (Å²) in [6, 6.07) is 12.6. The lowest BCUT2D eigenvalue weighted by atomic mass is 9.85. The van der Waals surface area contributed by atoms with Crippen molar-refractivity contribution in [2.45, 2.75) is 31.7 Å². The highest BCUT2D eigenvalue weighted by Crippen LogP contribution is 2.47. The minimum Gasteiger partial charge on any atom is -0.325 e. The van der Waals surface area contributed by atoms with Crippen LogP contribution in [0.4, 0.5) is 11.4 Å². The van der Waals surface area contributed by atoms with Gasteiger partial charge in [-0.1, -0.05) is 31.2 Å². The largest absolute Gasteiger partial charge is 0.325 e. The fourth-order valence-corrected chi connectivity index (χ4v) is 4.30. The van der Waals surface area contributed by atoms with Crippen molar-refractivity contribution >= 4 is 17.3 Å². The Morgan fingerprint density at radius 2 is 2.00 bits per heavy atom. The summed E-state index contributed by atoms with van der Waals surface area (Å²) < 4.78 is 0. The number of nitro groups is 1. The van der Waals surface area contributed by atoms with Crippen LogP contribution >= 0.6 is 0 Å². The molecule has 2 aromatic rings. The monoisotopic (exact) mass is 351 g/mol. The van der Waals surface area contributed by atoms with Gasteiger partial charge in [0.1, 0.15) is 0 Å². The second kappa shape index (κ2) is 6.53. The van der Waals surface area contributed by atoms with Gasteiger partial charge in [-0.2, -0.15) is 0 Å². The van der Waals surface area contributed by atoms with Crippen LogP contribution in [0.1, 0.15) is 42.0 Å². The number of carbonyl (C=O) groups excluding carboxylic acids is 1. The zero-order valence-corrected chi connectivity index (χ0v) is 14.6. The van der Waals surface area contributed by atoms with Crippen LogP contribution in [0.15, 0.2) is 42.5 Å². The lowest BCUT2D eigenvalue weighted by Crippen LogP contribution is -2.35. The van der Waals surface area contributed by atoms with Crippen LogP contribution in [0.25, 0.3) is 0 Å². The highest BCUT2D eigenvalue weighted by Gasteiger charge is 2.43. The molecule has 4 rings (SSSR count). The van der Waals surface area contributed by atoms with Crippen molar-refractivity contribution < 1.29 is 9.72 Å². The number of nitrogens with zero attached hydrogens (tertiary/aromatic N) is 2. The Morgan fingerprint density at radius 3 is 2.69 bits per heavy atom. The number of anilines is 1. The van der Waals surface area contributed by atoms with E-state index in [1.165, 1.54) is 17.7 Å². The van der Waals surface area contributed by atoms with Crippen LogP contribution in [0.2, 0.25) is 0 Å². The van der Waals surface area contributed by atoms with Crippen molar-refractivity contribution in [1.29, 1.82) is 0 Å². The maximum Gasteiger partial charge on any atom is 0.269 e. The van der Waals surface area contributed by atoms with Crippen LogP contribution in [0.5, 0.6) is 0 Å². The van der Waals surface area contributed by atoms with E-state index in [1.54, 1.807) is 12.1 Å². The quantitative estimate of drug-likeness (QED) is 0.674. The van der Waals surface area contributed by atoms with Crippen molar-refractivity contribution in [1.82, 2.24) is 4.90 Å². The Bertz CT molecular complexity index is 863. The summed E-state index contributed by atoms with van der Waals surface area (Å²) in [5.41, 5.74) is 4.24. The van der Waals surface area contributed by atoms with Gasteiger partial charge in [-0.25, -0.2) is 0 Å². The minimum atomic E-state index is -0.392. The Labute approximate surface area is 152 Å². The second-order valence-electron chi connectivity index (χ2n) is 6.92. The number of nitrogens with one attached hydrogen (secondary N) is 1. The molecule has 2 aliphatic rings. The number of amides is 1. The van der Waals surface area contributed by atoms with E-state index in [-0.39, 0.29) is 23.6 Å². The first-order chi connectivity index (χ1) is 12.6. The number of hydrogen-bond donors (Lipinski definition) is 1. The van der Waals surface area contributed by atoms with Gasteiger partial charge in [-0.3, -0.25) is 19.8 Å². The Morgan fingerprint density at radius 1 is 1.23 bits per heavy atom. The SMILES string of the molecule is CCCN1CCc2cccc3c2[C@@H](C(=O)N3)[C@H]1c1ccc([N+](=O)[O-])cc1. The zero-order chi connectivity index (χ0) is 18.3. The van der Waals surface area contributed by atoms with E-state index in [2.05, 4.69) is 23.2 Å². The molecule has 2 aromatic carbocycles. The van der Waals surface area contributed by atoms with Crippen molar-refractivity contribution in [2.24, 2.45) is 0 Å². The fraction of sp³-hybridized carbons (Fsp3) is 0.350. The summed E-state index contributed by atoms with van der Waals surface area (Å²) in [7, 11) is 0. The molecule has 0 saturated heterocycles. The maximum atomic E-state index is 12.9. The predicted molar refractivity (Wildman–Crippen MR) is 99.2 cm³/mol. The van der Waals surface area contributed by atoms with Gasteiger partial charge in [0.2, 0.25) is 5.91 Å². The van der Waals surface area contributed by atoms with E-state index in [9.17, 15) is 14.9 Å². The second-order valence-corrected chi connectivity index (χ2v) is 6.92. The van der Waals surface area contributed by atoms with Gasteiger partial charge in [0.25, 0.3) is 5.69 Å². The van der Waals surface area contributed by atoms with Crippen molar-refractivity contribution in [3.63, 3.8) is 0 Å². The average molecular weight is 351 g/mol. The molecule has 0 radical (unpaired) electrons. The molecule has 1 N–H and O–H groups in total. The number of nitro benzene ring substituents is 1. The summed E-state index contributed by atoms with van der Waals surface area (Å²) in [6.45, 7) is 3.88. The maximum absolute atomic E-state index is 12.9. The van der Waals surface area contributed by atoms with E-state index < -0.39 is 4.92 Å². The lowest BCUT2D eigenvalue weighted by Gasteiger charge is -2.33. The van der Waals surface area contributed by atoms with Crippen LogP contribution in [0.3, 0.4) is 0 Å². The topological polar surface area (TPSA) is 75.5 Å². The van der Waals surface area contributed by atoms with Crippen LogP contribution in [-0.4, -0.2) is 28.8 Å². The number of benzene rings is 2. The smallest absolute Gasteiger partial charge is 0.269 e. The Balaban J connectivity index is 1.83. The van der Waals surface area contributed by atoms with Gasteiger partial charge in [-0.05, 0) is 42.1 Å². The van der Waals surface area contributed by atoms with E-state index in [1.807, 2.05) is 12.1 Å². The van der Waals surface area contributed by atoms with Crippen molar-refractivity contribution in [3.05, 3.63) is 69.3 Å². The summed E-state index contributed by atoms with van der Waals surface area (Å²) >= 11 is 0. The molecule has 1 amide bonds. The molecule has 0 saturated carbocycles. The molecule has 0 aliphatic carbocycles. The summed E-state index contributed by atoms with van der Waals surface area (Å²) in [6.07, 6.45) is 1.89. The molecule has 26 heavy (non-hydrogen) atoms. The van der Waals surface area contributed by atoms with Crippen LogP contribution in [0, 0.1) is 10.1 Å². The Hall–Kier alpha value is -2.73. The van der Waals surface area contributed by atoms with Gasteiger partial charge in [0, 0.05) is 24.4 Å². The molecular weight excluding hydrogens is 330 g/mol. The van der Waals surface area contributed by atoms with Crippen molar-refractivity contribution in [3.8, 4) is 0 Å². The summed E-state index contributed by atoms with van der Waals surface area (Å²) in [5, 5.41) is 14.0. The third kappa shape index (κ3) is 2.66. The average Bonchev–Trinajstić information content (AvgIpc) is 2.86. The van der Waals surface area contributed by atoms with Gasteiger partial charge in [-0.15, -0.1) is 0 Å². The number of non-ortho nitro benzene ring substituents is 1. The highest BCUT2D eigenvalue weighted by atomic mass is 16.6. The zero-order valence-electron chi connectivity index (χ0n) is 14.6. The standard InChI is InChI=1S/C20H21N3O3/c1-2-11-22-12-10-13-4-3-5-16-17(13)18(20(24)21-16)19(22)14-6-8-15(9-7-14)23(25)26/h3-9,18-19H,2,10-12H2,1H3,(H,21,24)/t18-,19-/m1/s1. The summed E-state index contributed by atoms with van der Waals surface area (Å²) in [5.74, 6) is -0.268. The first-order valence-electron chi connectivity index (χ1n) is 9.01. The normalized spacial score (nSPS) is 21.8. The van der Waals surface area contributed by atoms with Gasteiger partial charge < -0.3 is 5.32 Å². The molecule has 6 heteroatoms. The molecule has 2 heterocycles. The lowest BCUT2D eigenvalue weighted by molar-refractivity contribution is -0.384. The third-order valence-electron chi connectivity index (χ3n) is 5.38. The van der Waals surface area contributed by atoms with E-state index >= 15 is 0 Å². The van der Waals surface area contributed by atoms with E-state index in [0.29, 0.717) is 0 Å². The number of rotatable bonds is 4. The van der Waals surface area contributed by atoms with Gasteiger partial charge in [0.15, 0.2) is 0 Å². The first kappa shape index (κ1) is 16.7. The number of carbonyl (C=O) groups is 1. The molecule has 0 spiro atoms. The van der Waals surface area contributed by atoms with Crippen molar-refractivity contribution in [2.75, 3.05) is 18.4 Å². The van der Waals surface area contributed by atoms with Crippen LogP contribution in [-0.2, 0) is 11.2 Å².